The van der Waals surface area contributed by atoms with E-state index in [2.05, 4.69) is 27.7 Å². The molecule has 0 heteroatoms. The summed E-state index contributed by atoms with van der Waals surface area (Å²) >= 11 is 0. The van der Waals surface area contributed by atoms with Crippen LogP contribution in [-0.2, 0) is 0 Å². The molecule has 2 bridgehead atoms. The van der Waals surface area contributed by atoms with Crippen LogP contribution in [-0.4, -0.2) is 0 Å². The van der Waals surface area contributed by atoms with Gasteiger partial charge in [-0.3, -0.25) is 0 Å². The first-order valence-electron chi connectivity index (χ1n) is 6.59. The normalized spacial score (nSPS) is 51.4. The van der Waals surface area contributed by atoms with Gasteiger partial charge in [0.25, 0.3) is 0 Å². The lowest BCUT2D eigenvalue weighted by molar-refractivity contribution is -0.146. The first-order chi connectivity index (χ1) is 6.59. The van der Waals surface area contributed by atoms with Gasteiger partial charge in [-0.2, -0.15) is 0 Å². The maximum Gasteiger partial charge on any atom is -0.0266 e. The van der Waals surface area contributed by atoms with Crippen molar-refractivity contribution in [1.29, 1.82) is 0 Å². The topological polar surface area (TPSA) is 0 Å². The molecule has 5 unspecified atom stereocenters. The van der Waals surface area contributed by atoms with Crippen LogP contribution in [0.15, 0.2) is 0 Å². The van der Waals surface area contributed by atoms with Crippen LogP contribution >= 0.6 is 0 Å². The minimum atomic E-state index is 0.729. The molecule has 0 saturated heterocycles. The molecule has 0 spiro atoms. The molecule has 3 rings (SSSR count). The lowest BCUT2D eigenvalue weighted by Crippen LogP contribution is -2.56. The predicted molar refractivity (Wildman–Crippen MR) is 62.2 cm³/mol. The van der Waals surface area contributed by atoms with Crippen molar-refractivity contribution in [3.8, 4) is 0 Å². The van der Waals surface area contributed by atoms with E-state index in [1.54, 1.807) is 0 Å². The molecule has 0 heterocycles. The van der Waals surface area contributed by atoms with Gasteiger partial charge in [0.05, 0.1) is 0 Å². The molecule has 3 fully saturated rings. The fourth-order valence-corrected chi connectivity index (χ4v) is 4.22. The summed E-state index contributed by atoms with van der Waals surface area (Å²) in [6.07, 6.45) is 7.37. The van der Waals surface area contributed by atoms with Crippen molar-refractivity contribution in [2.75, 3.05) is 0 Å². The summed E-state index contributed by atoms with van der Waals surface area (Å²) in [6, 6.07) is 0. The number of hydrogen-bond acceptors (Lipinski definition) is 0. The molecule has 0 radical (unpaired) electrons. The third-order valence-electron chi connectivity index (χ3n) is 5.58. The average Bonchev–Trinajstić information content (AvgIpc) is 2.17. The number of rotatable bonds is 3. The summed E-state index contributed by atoms with van der Waals surface area (Å²) in [6.45, 7) is 9.86. The molecule has 0 aromatic rings. The Morgan fingerprint density at radius 1 is 1.29 bits per heavy atom. The monoisotopic (exact) mass is 194 g/mol. The summed E-state index contributed by atoms with van der Waals surface area (Å²) < 4.78 is 0. The highest BCUT2D eigenvalue weighted by Crippen LogP contribution is 2.65. The first kappa shape index (κ1) is 10.5. The third-order valence-corrected chi connectivity index (χ3v) is 5.58. The zero-order chi connectivity index (χ0) is 10.3. The first-order valence-corrected chi connectivity index (χ1v) is 6.59. The van der Waals surface area contributed by atoms with Gasteiger partial charge in [-0.15, -0.1) is 0 Å². The van der Waals surface area contributed by atoms with E-state index in [4.69, 9.17) is 0 Å². The fraction of sp³-hybridized carbons (Fsp3) is 1.00. The highest BCUT2D eigenvalue weighted by atomic mass is 14.6. The minimum absolute atomic E-state index is 0.729. The van der Waals surface area contributed by atoms with Crippen LogP contribution in [0, 0.1) is 29.1 Å². The molecule has 0 N–H and O–H groups in total. The summed E-state index contributed by atoms with van der Waals surface area (Å²) in [5.74, 6) is 4.12. The zero-order valence-electron chi connectivity index (χ0n) is 10.3. The second-order valence-electron chi connectivity index (χ2n) is 6.21. The van der Waals surface area contributed by atoms with Crippen LogP contribution in [0.5, 0.6) is 0 Å². The van der Waals surface area contributed by atoms with Gasteiger partial charge in [-0.25, -0.2) is 0 Å². The van der Waals surface area contributed by atoms with Crippen molar-refractivity contribution in [2.45, 2.75) is 59.8 Å². The van der Waals surface area contributed by atoms with Gasteiger partial charge in [0.2, 0.25) is 0 Å². The Labute approximate surface area is 89.5 Å². The predicted octanol–water partition coefficient (Wildman–Crippen LogP) is 4.49. The van der Waals surface area contributed by atoms with Crippen molar-refractivity contribution in [3.05, 3.63) is 0 Å². The van der Waals surface area contributed by atoms with Crippen LogP contribution in [0.4, 0.5) is 0 Å². The van der Waals surface area contributed by atoms with Gasteiger partial charge in [0.15, 0.2) is 0 Å². The fourth-order valence-electron chi connectivity index (χ4n) is 4.22. The van der Waals surface area contributed by atoms with Crippen molar-refractivity contribution >= 4 is 0 Å². The van der Waals surface area contributed by atoms with Crippen LogP contribution in [0.25, 0.3) is 0 Å². The molecule has 3 aliphatic carbocycles. The molecule has 0 aromatic carbocycles. The molecule has 0 aromatic heterocycles. The summed E-state index contributed by atoms with van der Waals surface area (Å²) in [4.78, 5) is 0. The molecule has 0 nitrogen and oxygen atoms in total. The Bertz CT molecular complexity index is 208. The van der Waals surface area contributed by atoms with E-state index in [0.717, 1.165) is 29.1 Å². The van der Waals surface area contributed by atoms with E-state index in [1.807, 2.05) is 0 Å². The van der Waals surface area contributed by atoms with Gasteiger partial charge in [-0.1, -0.05) is 40.5 Å². The SMILES string of the molecule is CCCCC1CC(C)C2CC1(C)C2C. The highest BCUT2D eigenvalue weighted by Gasteiger charge is 2.57. The Hall–Kier alpha value is 0. The van der Waals surface area contributed by atoms with Crippen LogP contribution < -0.4 is 0 Å². The van der Waals surface area contributed by atoms with Crippen molar-refractivity contribution in [2.24, 2.45) is 29.1 Å². The van der Waals surface area contributed by atoms with Crippen molar-refractivity contribution in [3.63, 3.8) is 0 Å². The molecule has 3 aliphatic rings. The van der Waals surface area contributed by atoms with Gasteiger partial charge in [0, 0.05) is 0 Å². The highest BCUT2D eigenvalue weighted by molar-refractivity contribution is 5.06. The van der Waals surface area contributed by atoms with E-state index in [-0.39, 0.29) is 0 Å². The van der Waals surface area contributed by atoms with Crippen molar-refractivity contribution in [1.82, 2.24) is 0 Å². The Balaban J connectivity index is 2.01. The minimum Gasteiger partial charge on any atom is -0.0654 e. The molecule has 82 valence electrons. The van der Waals surface area contributed by atoms with Crippen LogP contribution in [0.1, 0.15) is 59.8 Å². The van der Waals surface area contributed by atoms with Gasteiger partial charge < -0.3 is 0 Å². The molecular weight excluding hydrogens is 168 g/mol. The number of unbranched alkanes of at least 4 members (excludes halogenated alkanes) is 1. The molecular formula is C14H26. The molecule has 14 heavy (non-hydrogen) atoms. The Morgan fingerprint density at radius 3 is 2.57 bits per heavy atom. The van der Waals surface area contributed by atoms with E-state index in [9.17, 15) is 0 Å². The number of fused-ring (bicyclic) bond motifs is 2. The standard InChI is InChI=1S/C14H26/c1-5-6-7-12-8-10(2)13-9-14(12,4)11(13)3/h10-13H,5-9H2,1-4H3. The lowest BCUT2D eigenvalue weighted by atomic mass is 9.41. The van der Waals surface area contributed by atoms with Gasteiger partial charge >= 0.3 is 0 Å². The quantitative estimate of drug-likeness (QED) is 0.621. The zero-order valence-corrected chi connectivity index (χ0v) is 10.3. The maximum atomic E-state index is 2.56. The molecule has 3 saturated carbocycles. The Morgan fingerprint density at radius 2 is 2.00 bits per heavy atom. The number of hydrogen-bond donors (Lipinski definition) is 0. The van der Waals surface area contributed by atoms with E-state index < -0.39 is 0 Å². The van der Waals surface area contributed by atoms with E-state index in [0.29, 0.717) is 0 Å². The van der Waals surface area contributed by atoms with E-state index in [1.165, 1.54) is 32.1 Å². The molecule has 0 amide bonds. The third kappa shape index (κ3) is 1.33. The summed E-state index contributed by atoms with van der Waals surface area (Å²) in [5, 5.41) is 0. The summed E-state index contributed by atoms with van der Waals surface area (Å²) in [5.41, 5.74) is 0.729. The second kappa shape index (κ2) is 3.54. The molecule has 0 aliphatic heterocycles. The van der Waals surface area contributed by atoms with Gasteiger partial charge in [0.1, 0.15) is 0 Å². The largest absolute Gasteiger partial charge is 0.0654 e. The lowest BCUT2D eigenvalue weighted by Gasteiger charge is -2.64. The van der Waals surface area contributed by atoms with Gasteiger partial charge in [-0.05, 0) is 48.3 Å². The molecule has 5 atom stereocenters. The maximum absolute atomic E-state index is 2.56. The van der Waals surface area contributed by atoms with E-state index >= 15 is 0 Å². The van der Waals surface area contributed by atoms with Crippen LogP contribution in [0.2, 0.25) is 0 Å². The van der Waals surface area contributed by atoms with Crippen molar-refractivity contribution < 1.29 is 0 Å². The Kier molecular flexibility index (Phi) is 2.66. The average molecular weight is 194 g/mol. The smallest absolute Gasteiger partial charge is 0.0266 e. The van der Waals surface area contributed by atoms with Crippen LogP contribution in [0.3, 0.4) is 0 Å². The second-order valence-corrected chi connectivity index (χ2v) is 6.21. The summed E-state index contributed by atoms with van der Waals surface area (Å²) in [7, 11) is 0.